The van der Waals surface area contributed by atoms with E-state index in [2.05, 4.69) is 10.3 Å². The van der Waals surface area contributed by atoms with Gasteiger partial charge in [0.05, 0.1) is 18.3 Å². The summed E-state index contributed by atoms with van der Waals surface area (Å²) >= 11 is 0. The monoisotopic (exact) mass is 239 g/mol. The number of carbonyl (C=O) groups excluding carboxylic acids is 1. The molecule has 96 valence electrons. The fraction of sp³-hybridized carbons (Fsp3) is 0.667. The molecule has 0 saturated heterocycles. The molecule has 2 atom stereocenters. The standard InChI is InChI=1S/C12H21N3O2/c1-5-7(2)11(13)12(16)14-6-10-15-8(3)9(4)17-10/h7,11H,5-6,13H2,1-4H3,(H,14,16)/t7?,11-/m0/s1. The van der Waals surface area contributed by atoms with E-state index in [1.165, 1.54) is 0 Å². The summed E-state index contributed by atoms with van der Waals surface area (Å²) in [6.45, 7) is 7.98. The van der Waals surface area contributed by atoms with Gasteiger partial charge < -0.3 is 15.5 Å². The molecule has 0 aromatic carbocycles. The first-order valence-corrected chi connectivity index (χ1v) is 5.91. The highest BCUT2D eigenvalue weighted by molar-refractivity contribution is 5.81. The number of hydrogen-bond donors (Lipinski definition) is 2. The zero-order valence-electron chi connectivity index (χ0n) is 10.9. The van der Waals surface area contributed by atoms with Gasteiger partial charge in [-0.1, -0.05) is 20.3 Å². The molecule has 17 heavy (non-hydrogen) atoms. The van der Waals surface area contributed by atoms with E-state index in [4.69, 9.17) is 10.2 Å². The molecule has 1 amide bonds. The van der Waals surface area contributed by atoms with Crippen molar-refractivity contribution in [2.45, 2.75) is 46.7 Å². The molecule has 3 N–H and O–H groups in total. The maximum atomic E-state index is 11.7. The van der Waals surface area contributed by atoms with Crippen molar-refractivity contribution in [3.8, 4) is 0 Å². The summed E-state index contributed by atoms with van der Waals surface area (Å²) in [5, 5.41) is 2.73. The van der Waals surface area contributed by atoms with Gasteiger partial charge in [0, 0.05) is 0 Å². The highest BCUT2D eigenvalue weighted by Gasteiger charge is 2.19. The van der Waals surface area contributed by atoms with Gasteiger partial charge in [0.15, 0.2) is 0 Å². The number of amides is 1. The zero-order valence-corrected chi connectivity index (χ0v) is 10.9. The summed E-state index contributed by atoms with van der Waals surface area (Å²) in [6.07, 6.45) is 0.881. The Morgan fingerprint density at radius 1 is 1.53 bits per heavy atom. The van der Waals surface area contributed by atoms with Gasteiger partial charge in [-0.2, -0.15) is 0 Å². The fourth-order valence-electron chi connectivity index (χ4n) is 1.41. The van der Waals surface area contributed by atoms with Crippen molar-refractivity contribution in [1.82, 2.24) is 10.3 Å². The van der Waals surface area contributed by atoms with E-state index in [0.717, 1.165) is 17.9 Å². The summed E-state index contributed by atoms with van der Waals surface area (Å²) in [7, 11) is 0. The topological polar surface area (TPSA) is 81.2 Å². The molecule has 0 aliphatic carbocycles. The molecule has 1 aromatic rings. The third-order valence-electron chi connectivity index (χ3n) is 3.05. The number of carbonyl (C=O) groups is 1. The van der Waals surface area contributed by atoms with E-state index in [0.29, 0.717) is 5.89 Å². The van der Waals surface area contributed by atoms with Crippen LogP contribution < -0.4 is 11.1 Å². The maximum Gasteiger partial charge on any atom is 0.237 e. The molecule has 1 rings (SSSR count). The molecule has 1 heterocycles. The second kappa shape index (κ2) is 5.82. The van der Waals surface area contributed by atoms with Crippen LogP contribution in [0.15, 0.2) is 4.42 Å². The number of aryl methyl sites for hydroxylation is 2. The highest BCUT2D eigenvalue weighted by atomic mass is 16.4. The van der Waals surface area contributed by atoms with E-state index in [9.17, 15) is 4.79 Å². The summed E-state index contributed by atoms with van der Waals surface area (Å²) in [5.41, 5.74) is 6.66. The minimum absolute atomic E-state index is 0.159. The molecule has 0 aliphatic heterocycles. The normalized spacial score (nSPS) is 14.4. The molecule has 0 aliphatic rings. The van der Waals surface area contributed by atoms with E-state index < -0.39 is 6.04 Å². The van der Waals surface area contributed by atoms with Crippen LogP contribution in [0.1, 0.15) is 37.6 Å². The van der Waals surface area contributed by atoms with E-state index in [1.807, 2.05) is 27.7 Å². The van der Waals surface area contributed by atoms with E-state index in [-0.39, 0.29) is 18.4 Å². The van der Waals surface area contributed by atoms with Crippen molar-refractivity contribution in [3.63, 3.8) is 0 Å². The average Bonchev–Trinajstić information content (AvgIpc) is 2.63. The van der Waals surface area contributed by atoms with Gasteiger partial charge in [0.25, 0.3) is 0 Å². The second-order valence-electron chi connectivity index (χ2n) is 4.38. The molecular formula is C12H21N3O2. The van der Waals surface area contributed by atoms with Crippen LogP contribution in [-0.4, -0.2) is 16.9 Å². The number of nitrogens with one attached hydrogen (secondary N) is 1. The van der Waals surface area contributed by atoms with Gasteiger partial charge in [-0.05, 0) is 19.8 Å². The number of nitrogens with zero attached hydrogens (tertiary/aromatic N) is 1. The molecule has 5 heteroatoms. The quantitative estimate of drug-likeness (QED) is 0.811. The lowest BCUT2D eigenvalue weighted by Gasteiger charge is -2.16. The van der Waals surface area contributed by atoms with Crippen LogP contribution in [0, 0.1) is 19.8 Å². The number of rotatable bonds is 5. The van der Waals surface area contributed by atoms with Crippen LogP contribution in [0.4, 0.5) is 0 Å². The van der Waals surface area contributed by atoms with Gasteiger partial charge in [0.2, 0.25) is 11.8 Å². The Kier molecular flexibility index (Phi) is 4.69. The Morgan fingerprint density at radius 3 is 2.65 bits per heavy atom. The van der Waals surface area contributed by atoms with Crippen LogP contribution >= 0.6 is 0 Å². The van der Waals surface area contributed by atoms with Crippen LogP contribution in [0.5, 0.6) is 0 Å². The maximum absolute atomic E-state index is 11.7. The lowest BCUT2D eigenvalue weighted by atomic mass is 9.99. The van der Waals surface area contributed by atoms with Gasteiger partial charge in [-0.25, -0.2) is 4.98 Å². The Morgan fingerprint density at radius 2 is 2.18 bits per heavy atom. The number of nitrogens with two attached hydrogens (primary N) is 1. The molecule has 1 aromatic heterocycles. The van der Waals surface area contributed by atoms with Crippen molar-refractivity contribution < 1.29 is 9.21 Å². The van der Waals surface area contributed by atoms with Crippen molar-refractivity contribution in [3.05, 3.63) is 17.3 Å². The minimum Gasteiger partial charge on any atom is -0.444 e. The minimum atomic E-state index is -0.475. The third-order valence-corrected chi connectivity index (χ3v) is 3.05. The Balaban J connectivity index is 2.48. The Bertz CT molecular complexity index is 368. The average molecular weight is 239 g/mol. The summed E-state index contributed by atoms with van der Waals surface area (Å²) in [5.74, 6) is 1.31. The summed E-state index contributed by atoms with van der Waals surface area (Å²) in [6, 6.07) is -0.475. The number of hydrogen-bond acceptors (Lipinski definition) is 4. The van der Waals surface area contributed by atoms with E-state index >= 15 is 0 Å². The van der Waals surface area contributed by atoms with Crippen molar-refractivity contribution in [1.29, 1.82) is 0 Å². The number of aromatic nitrogens is 1. The molecule has 0 radical (unpaired) electrons. The molecule has 0 saturated carbocycles. The predicted molar refractivity (Wildman–Crippen MR) is 65.3 cm³/mol. The SMILES string of the molecule is CCC(C)[C@H](N)C(=O)NCc1nc(C)c(C)o1. The van der Waals surface area contributed by atoms with Crippen LogP contribution in [-0.2, 0) is 11.3 Å². The lowest BCUT2D eigenvalue weighted by Crippen LogP contribution is -2.44. The molecule has 0 fully saturated rings. The van der Waals surface area contributed by atoms with Gasteiger partial charge in [-0.3, -0.25) is 4.79 Å². The largest absolute Gasteiger partial charge is 0.444 e. The van der Waals surface area contributed by atoms with Crippen molar-refractivity contribution in [2.24, 2.45) is 11.7 Å². The van der Waals surface area contributed by atoms with Gasteiger partial charge in [-0.15, -0.1) is 0 Å². The summed E-state index contributed by atoms with van der Waals surface area (Å²) in [4.78, 5) is 15.9. The molecule has 1 unspecified atom stereocenters. The first-order valence-electron chi connectivity index (χ1n) is 5.91. The fourth-order valence-corrected chi connectivity index (χ4v) is 1.41. The van der Waals surface area contributed by atoms with Gasteiger partial charge >= 0.3 is 0 Å². The third kappa shape index (κ3) is 3.56. The Labute approximate surface area is 102 Å². The molecule has 5 nitrogen and oxygen atoms in total. The van der Waals surface area contributed by atoms with E-state index in [1.54, 1.807) is 0 Å². The van der Waals surface area contributed by atoms with Gasteiger partial charge in [0.1, 0.15) is 5.76 Å². The Hall–Kier alpha value is -1.36. The second-order valence-corrected chi connectivity index (χ2v) is 4.38. The van der Waals surface area contributed by atoms with Crippen molar-refractivity contribution >= 4 is 5.91 Å². The molecule has 0 spiro atoms. The smallest absolute Gasteiger partial charge is 0.237 e. The van der Waals surface area contributed by atoms with Crippen molar-refractivity contribution in [2.75, 3.05) is 0 Å². The van der Waals surface area contributed by atoms with Crippen LogP contribution in [0.25, 0.3) is 0 Å². The first-order chi connectivity index (χ1) is 7.95. The lowest BCUT2D eigenvalue weighted by molar-refractivity contribution is -0.123. The predicted octanol–water partition coefficient (Wildman–Crippen LogP) is 1.28. The summed E-state index contributed by atoms with van der Waals surface area (Å²) < 4.78 is 5.36. The zero-order chi connectivity index (χ0) is 13.0. The molecule has 0 bridgehead atoms. The molecular weight excluding hydrogens is 218 g/mol. The number of oxazole rings is 1. The highest BCUT2D eigenvalue weighted by Crippen LogP contribution is 2.09. The first kappa shape index (κ1) is 13.7. The van der Waals surface area contributed by atoms with Crippen LogP contribution in [0.3, 0.4) is 0 Å². The van der Waals surface area contributed by atoms with Crippen LogP contribution in [0.2, 0.25) is 0 Å².